The third kappa shape index (κ3) is 3.16. The number of rotatable bonds is 4. The second-order valence-corrected chi connectivity index (χ2v) is 7.50. The van der Waals surface area contributed by atoms with Gasteiger partial charge < -0.3 is 15.5 Å². The number of amides is 2. The number of carbonyl (C=O) groups excluding carboxylic acids is 2. The van der Waals surface area contributed by atoms with Crippen LogP contribution < -0.4 is 11.1 Å². The Kier molecular flexibility index (Phi) is 4.44. The first kappa shape index (κ1) is 17.9. The van der Waals surface area contributed by atoms with Crippen molar-refractivity contribution in [2.75, 3.05) is 5.32 Å². The van der Waals surface area contributed by atoms with Crippen LogP contribution in [0.1, 0.15) is 31.4 Å². The molecule has 0 aliphatic rings. The number of fused-ring (bicyclic) bond motifs is 1. The van der Waals surface area contributed by atoms with Crippen LogP contribution >= 0.6 is 11.3 Å². The molecule has 0 spiro atoms. The number of nitrogens with zero attached hydrogens (tertiary/aromatic N) is 1. The highest BCUT2D eigenvalue weighted by molar-refractivity contribution is 7.17. The summed E-state index contributed by atoms with van der Waals surface area (Å²) < 4.78 is 5.50. The van der Waals surface area contributed by atoms with E-state index in [0.717, 1.165) is 16.1 Å². The van der Waals surface area contributed by atoms with Crippen LogP contribution in [0.4, 0.5) is 5.69 Å². The predicted molar refractivity (Wildman–Crippen MR) is 110 cm³/mol. The van der Waals surface area contributed by atoms with Crippen molar-refractivity contribution >= 4 is 39.8 Å². The fraction of sp³-hybridized carbons (Fsp3) is 0.0952. The van der Waals surface area contributed by atoms with Gasteiger partial charge in [0, 0.05) is 10.9 Å². The Balaban J connectivity index is 1.67. The number of para-hydroxylation sites is 1. The molecule has 28 heavy (non-hydrogen) atoms. The zero-order chi connectivity index (χ0) is 19.8. The monoisotopic (exact) mass is 391 g/mol. The highest BCUT2D eigenvalue weighted by atomic mass is 32.1. The molecule has 0 aliphatic carbocycles. The van der Waals surface area contributed by atoms with Gasteiger partial charge in [0.25, 0.3) is 11.8 Å². The Bertz CT molecular complexity index is 1220. The smallest absolute Gasteiger partial charge is 0.286 e. The van der Waals surface area contributed by atoms with E-state index < -0.39 is 5.91 Å². The summed E-state index contributed by atoms with van der Waals surface area (Å²) >= 11 is 1.29. The van der Waals surface area contributed by atoms with Gasteiger partial charge in [0.05, 0.1) is 6.20 Å². The first-order valence-electron chi connectivity index (χ1n) is 8.60. The first-order valence-corrected chi connectivity index (χ1v) is 9.42. The molecule has 0 unspecified atom stereocenters. The molecular formula is C21H17N3O3S. The lowest BCUT2D eigenvalue weighted by Gasteiger charge is -2.04. The minimum absolute atomic E-state index is 0.0753. The highest BCUT2D eigenvalue weighted by Crippen LogP contribution is 2.32. The highest BCUT2D eigenvalue weighted by Gasteiger charge is 2.22. The molecule has 3 N–H and O–H groups in total. The van der Waals surface area contributed by atoms with Crippen LogP contribution in [0.25, 0.3) is 21.5 Å². The van der Waals surface area contributed by atoms with E-state index in [1.165, 1.54) is 23.1 Å². The average molecular weight is 391 g/mol. The van der Waals surface area contributed by atoms with Crippen molar-refractivity contribution < 1.29 is 14.0 Å². The SMILES string of the molecule is Cc1ccc(-c2ncc(C(=O)Nc3c(C(N)=O)oc4ccccc34)s2)c(C)c1. The molecular weight excluding hydrogens is 374 g/mol. The topological polar surface area (TPSA) is 98.2 Å². The Hall–Kier alpha value is -3.45. The average Bonchev–Trinajstić information content (AvgIpc) is 3.27. The number of thiazole rings is 1. The zero-order valence-corrected chi connectivity index (χ0v) is 16.1. The van der Waals surface area contributed by atoms with Crippen molar-refractivity contribution in [3.05, 3.63) is 70.4 Å². The summed E-state index contributed by atoms with van der Waals surface area (Å²) in [6.45, 7) is 4.04. The molecule has 0 bridgehead atoms. The Morgan fingerprint density at radius 2 is 1.93 bits per heavy atom. The minimum Gasteiger partial charge on any atom is -0.449 e. The number of aromatic nitrogens is 1. The summed E-state index contributed by atoms with van der Waals surface area (Å²) in [4.78, 5) is 29.3. The number of nitrogens with two attached hydrogens (primary N) is 1. The van der Waals surface area contributed by atoms with Gasteiger partial charge in [-0.05, 0) is 31.5 Å². The third-order valence-corrected chi connectivity index (χ3v) is 5.43. The van der Waals surface area contributed by atoms with Crippen LogP contribution in [0.5, 0.6) is 0 Å². The van der Waals surface area contributed by atoms with Crippen molar-refractivity contribution in [3.8, 4) is 10.6 Å². The molecule has 7 heteroatoms. The van der Waals surface area contributed by atoms with Gasteiger partial charge in [-0.15, -0.1) is 11.3 Å². The predicted octanol–water partition coefficient (Wildman–Crippen LogP) is 4.52. The van der Waals surface area contributed by atoms with Gasteiger partial charge in [0.2, 0.25) is 5.76 Å². The van der Waals surface area contributed by atoms with Crippen molar-refractivity contribution in [2.24, 2.45) is 5.73 Å². The fourth-order valence-electron chi connectivity index (χ4n) is 3.08. The van der Waals surface area contributed by atoms with Crippen molar-refractivity contribution in [3.63, 3.8) is 0 Å². The number of nitrogens with one attached hydrogen (secondary N) is 1. The van der Waals surface area contributed by atoms with Gasteiger partial charge in [-0.25, -0.2) is 4.98 Å². The fourth-order valence-corrected chi connectivity index (χ4v) is 3.98. The van der Waals surface area contributed by atoms with E-state index in [0.29, 0.717) is 15.8 Å². The molecule has 0 saturated heterocycles. The summed E-state index contributed by atoms with van der Waals surface area (Å²) in [6.07, 6.45) is 1.53. The number of hydrogen-bond donors (Lipinski definition) is 2. The number of primary amides is 1. The maximum Gasteiger partial charge on any atom is 0.286 e. The molecule has 0 fully saturated rings. The zero-order valence-electron chi connectivity index (χ0n) is 15.3. The molecule has 0 aliphatic heterocycles. The van der Waals surface area contributed by atoms with Crippen LogP contribution in [-0.2, 0) is 0 Å². The molecule has 0 saturated carbocycles. The maximum atomic E-state index is 12.8. The van der Waals surface area contributed by atoms with Crippen molar-refractivity contribution in [1.82, 2.24) is 4.98 Å². The van der Waals surface area contributed by atoms with Gasteiger partial charge >= 0.3 is 0 Å². The van der Waals surface area contributed by atoms with E-state index in [4.69, 9.17) is 10.2 Å². The molecule has 2 heterocycles. The van der Waals surface area contributed by atoms with Crippen LogP contribution in [0.3, 0.4) is 0 Å². The van der Waals surface area contributed by atoms with E-state index in [9.17, 15) is 9.59 Å². The number of furan rings is 1. The molecule has 140 valence electrons. The Morgan fingerprint density at radius 3 is 2.68 bits per heavy atom. The van der Waals surface area contributed by atoms with E-state index in [1.807, 2.05) is 26.0 Å². The standard InChI is InChI=1S/C21H17N3O3S/c1-11-7-8-13(12(2)9-11)21-23-10-16(28-21)20(26)24-17-14-5-3-4-6-15(14)27-18(17)19(22)25/h3-10H,1-2H3,(H2,22,25)(H,24,26). The number of benzene rings is 2. The Labute approximate surface area is 165 Å². The van der Waals surface area contributed by atoms with E-state index in [1.54, 1.807) is 24.3 Å². The number of carbonyl (C=O) groups is 2. The summed E-state index contributed by atoms with van der Waals surface area (Å²) in [5.74, 6) is -1.19. The quantitative estimate of drug-likeness (QED) is 0.534. The van der Waals surface area contributed by atoms with Crippen LogP contribution in [0.15, 0.2) is 53.1 Å². The molecule has 4 rings (SSSR count). The lowest BCUT2D eigenvalue weighted by molar-refractivity contribution is 0.0977. The molecule has 4 aromatic rings. The normalized spacial score (nSPS) is 10.9. The molecule has 6 nitrogen and oxygen atoms in total. The van der Waals surface area contributed by atoms with E-state index >= 15 is 0 Å². The summed E-state index contributed by atoms with van der Waals surface area (Å²) in [7, 11) is 0. The van der Waals surface area contributed by atoms with Crippen LogP contribution in [-0.4, -0.2) is 16.8 Å². The molecule has 0 atom stereocenters. The lowest BCUT2D eigenvalue weighted by atomic mass is 10.1. The van der Waals surface area contributed by atoms with Crippen LogP contribution in [0.2, 0.25) is 0 Å². The molecule has 0 radical (unpaired) electrons. The van der Waals surface area contributed by atoms with Gasteiger partial charge in [0.15, 0.2) is 0 Å². The Morgan fingerprint density at radius 1 is 1.14 bits per heavy atom. The number of hydrogen-bond acceptors (Lipinski definition) is 5. The lowest BCUT2D eigenvalue weighted by Crippen LogP contribution is -2.16. The maximum absolute atomic E-state index is 12.8. The molecule has 2 aromatic carbocycles. The molecule has 2 amide bonds. The van der Waals surface area contributed by atoms with Gasteiger partial charge in [-0.1, -0.05) is 35.9 Å². The molecule has 2 aromatic heterocycles. The van der Waals surface area contributed by atoms with Crippen molar-refractivity contribution in [2.45, 2.75) is 13.8 Å². The number of aryl methyl sites for hydroxylation is 2. The van der Waals surface area contributed by atoms with E-state index in [2.05, 4.69) is 16.4 Å². The minimum atomic E-state index is -0.744. The van der Waals surface area contributed by atoms with Crippen LogP contribution in [0, 0.1) is 13.8 Å². The first-order chi connectivity index (χ1) is 13.4. The second kappa shape index (κ2) is 6.94. The largest absolute Gasteiger partial charge is 0.449 e. The summed E-state index contributed by atoms with van der Waals surface area (Å²) in [5, 5.41) is 4.13. The van der Waals surface area contributed by atoms with Crippen molar-refractivity contribution in [1.29, 1.82) is 0 Å². The second-order valence-electron chi connectivity index (χ2n) is 6.47. The number of anilines is 1. The van der Waals surface area contributed by atoms with Gasteiger partial charge in [0.1, 0.15) is 21.2 Å². The summed E-state index contributed by atoms with van der Waals surface area (Å²) in [5.41, 5.74) is 9.41. The summed E-state index contributed by atoms with van der Waals surface area (Å²) in [6, 6.07) is 13.1. The van der Waals surface area contributed by atoms with E-state index in [-0.39, 0.29) is 17.4 Å². The van der Waals surface area contributed by atoms with Gasteiger partial charge in [-0.2, -0.15) is 0 Å². The van der Waals surface area contributed by atoms with Gasteiger partial charge in [-0.3, -0.25) is 9.59 Å². The third-order valence-electron chi connectivity index (χ3n) is 4.40.